The monoisotopic (exact) mass is 417 g/mol. The minimum atomic E-state index is -1.15. The van der Waals surface area contributed by atoms with Gasteiger partial charge in [0.15, 0.2) is 17.2 Å². The quantitative estimate of drug-likeness (QED) is 0.525. The number of esters is 1. The maximum absolute atomic E-state index is 12.9. The molecule has 5 fully saturated rings. The number of alkyl carbamates (subject to hydrolysis) is 1. The van der Waals surface area contributed by atoms with Crippen molar-refractivity contribution >= 4 is 23.7 Å². The number of halogens is 1. The van der Waals surface area contributed by atoms with Gasteiger partial charge in [-0.15, -0.1) is 11.6 Å². The number of nitrogens with one attached hydrogen (secondary N) is 1. The first-order valence-corrected chi connectivity index (χ1v) is 10.0. The van der Waals surface area contributed by atoms with Crippen LogP contribution in [0.15, 0.2) is 0 Å². The van der Waals surface area contributed by atoms with Crippen LogP contribution in [0.25, 0.3) is 0 Å². The molecule has 10 heteroatoms. The molecule has 4 aliphatic heterocycles. The summed E-state index contributed by atoms with van der Waals surface area (Å²) in [6, 6.07) is 0. The molecule has 1 amide bonds. The highest BCUT2D eigenvalue weighted by Gasteiger charge is 2.81. The minimum absolute atomic E-state index is 0.160. The maximum atomic E-state index is 12.9. The average Bonchev–Trinajstić information content (AvgIpc) is 3.21. The van der Waals surface area contributed by atoms with Crippen molar-refractivity contribution in [2.75, 3.05) is 12.5 Å². The standard InChI is InChI=1S/C18H24ClNO8/c1-15(2)23-7-17(28-15)9-8(5-6-19)18(11-10(17)26-16(3,4)27-11)12(13(21)24-9)25-14(22)20-18/h8-12H,5-7H2,1-4H3,(H,20,22)/t8-,9+,10-,11+,12+,17-,18+/m0/s1. The number of rotatable bonds is 2. The van der Waals surface area contributed by atoms with Gasteiger partial charge in [0.2, 0.25) is 6.10 Å². The maximum Gasteiger partial charge on any atom is 0.408 e. The Morgan fingerprint density at radius 3 is 2.39 bits per heavy atom. The third-order valence-electron chi connectivity index (χ3n) is 6.45. The van der Waals surface area contributed by atoms with Crippen molar-refractivity contribution in [2.45, 2.75) is 81.2 Å². The Kier molecular flexibility index (Phi) is 3.72. The molecule has 4 heterocycles. The SMILES string of the molecule is CC1(C)O[C@@H]2[C@H](O1)[C@]1(COC(C)(C)O1)[C@@H]1OC(=O)[C@H]3OC(=O)N[C@@]32[C@H]1CCCl. The average molecular weight is 418 g/mol. The van der Waals surface area contributed by atoms with Crippen LogP contribution < -0.4 is 5.32 Å². The zero-order chi connectivity index (χ0) is 20.1. The van der Waals surface area contributed by atoms with Crippen molar-refractivity contribution in [2.24, 2.45) is 5.92 Å². The number of amides is 1. The second-order valence-electron chi connectivity index (χ2n) is 9.01. The smallest absolute Gasteiger partial charge is 0.408 e. The molecule has 0 unspecified atom stereocenters. The first kappa shape index (κ1) is 18.9. The van der Waals surface area contributed by atoms with E-state index in [1.54, 1.807) is 27.7 Å². The lowest BCUT2D eigenvalue weighted by atomic mass is 9.58. The second-order valence-corrected chi connectivity index (χ2v) is 9.39. The van der Waals surface area contributed by atoms with Gasteiger partial charge in [0, 0.05) is 11.8 Å². The van der Waals surface area contributed by atoms with E-state index in [4.69, 9.17) is 40.0 Å². The van der Waals surface area contributed by atoms with Crippen molar-refractivity contribution in [1.29, 1.82) is 0 Å². The fourth-order valence-corrected chi connectivity index (χ4v) is 5.85. The summed E-state index contributed by atoms with van der Waals surface area (Å²) in [6.07, 6.45) is -3.45. The molecule has 5 aliphatic rings. The lowest BCUT2D eigenvalue weighted by Gasteiger charge is -2.59. The van der Waals surface area contributed by atoms with Gasteiger partial charge in [0.25, 0.3) is 0 Å². The molecule has 9 nitrogen and oxygen atoms in total. The van der Waals surface area contributed by atoms with Gasteiger partial charge in [0.1, 0.15) is 23.9 Å². The van der Waals surface area contributed by atoms with Gasteiger partial charge >= 0.3 is 12.1 Å². The molecule has 5 rings (SSSR count). The highest BCUT2D eigenvalue weighted by Crippen LogP contribution is 2.59. The third kappa shape index (κ3) is 2.22. The fourth-order valence-electron chi connectivity index (χ4n) is 5.62. The van der Waals surface area contributed by atoms with E-state index in [-0.39, 0.29) is 6.61 Å². The molecule has 0 aromatic heterocycles. The van der Waals surface area contributed by atoms with Crippen molar-refractivity contribution in [3.63, 3.8) is 0 Å². The number of alkyl halides is 1. The molecule has 1 aliphatic carbocycles. The van der Waals surface area contributed by atoms with E-state index in [0.29, 0.717) is 12.3 Å². The summed E-state index contributed by atoms with van der Waals surface area (Å²) in [4.78, 5) is 25.1. The van der Waals surface area contributed by atoms with Gasteiger partial charge in [-0.3, -0.25) is 0 Å². The van der Waals surface area contributed by atoms with Crippen LogP contribution in [-0.2, 0) is 33.2 Å². The minimum Gasteiger partial charge on any atom is -0.456 e. The molecule has 2 bridgehead atoms. The van der Waals surface area contributed by atoms with E-state index >= 15 is 0 Å². The molecule has 4 saturated heterocycles. The summed E-state index contributed by atoms with van der Waals surface area (Å²) in [5.41, 5.74) is -2.23. The Balaban J connectivity index is 1.71. The first-order valence-electron chi connectivity index (χ1n) is 9.50. The van der Waals surface area contributed by atoms with Gasteiger partial charge < -0.3 is 33.7 Å². The summed E-state index contributed by atoms with van der Waals surface area (Å²) < 4.78 is 35.9. The van der Waals surface area contributed by atoms with Gasteiger partial charge in [-0.25, -0.2) is 9.59 Å². The van der Waals surface area contributed by atoms with Crippen molar-refractivity contribution < 1.29 is 38.0 Å². The van der Waals surface area contributed by atoms with Gasteiger partial charge in [-0.2, -0.15) is 0 Å². The molecule has 0 radical (unpaired) electrons. The van der Waals surface area contributed by atoms with E-state index < -0.39 is 65.1 Å². The Hall–Kier alpha value is -1.13. The van der Waals surface area contributed by atoms with Crippen LogP contribution in [0.5, 0.6) is 0 Å². The summed E-state index contributed by atoms with van der Waals surface area (Å²) >= 11 is 6.12. The lowest BCUT2D eigenvalue weighted by molar-refractivity contribution is -0.280. The first-order chi connectivity index (χ1) is 13.0. The molecule has 7 atom stereocenters. The summed E-state index contributed by atoms with van der Waals surface area (Å²) in [5, 5.41) is 2.88. The van der Waals surface area contributed by atoms with Gasteiger partial charge in [-0.05, 0) is 34.1 Å². The number of hydrogen-bond donors (Lipinski definition) is 1. The Morgan fingerprint density at radius 1 is 1.04 bits per heavy atom. The second kappa shape index (κ2) is 5.51. The van der Waals surface area contributed by atoms with Crippen LogP contribution in [0, 0.1) is 5.92 Å². The molecule has 0 aromatic rings. The largest absolute Gasteiger partial charge is 0.456 e. The number of ether oxygens (including phenoxy) is 6. The Bertz CT molecular complexity index is 743. The normalized spacial score (nSPS) is 50.0. The van der Waals surface area contributed by atoms with Crippen LogP contribution in [-0.4, -0.2) is 71.7 Å². The zero-order valence-electron chi connectivity index (χ0n) is 16.2. The highest BCUT2D eigenvalue weighted by atomic mass is 35.5. The molecule has 2 spiro atoms. The number of carbonyl (C=O) groups excluding carboxylic acids is 2. The third-order valence-corrected chi connectivity index (χ3v) is 6.66. The molecule has 0 aromatic carbocycles. The van der Waals surface area contributed by atoms with Gasteiger partial charge in [0.05, 0.1) is 6.61 Å². The van der Waals surface area contributed by atoms with E-state index in [9.17, 15) is 9.59 Å². The Labute approximate surface area is 167 Å². The van der Waals surface area contributed by atoms with E-state index in [1.165, 1.54) is 0 Å². The molecule has 1 N–H and O–H groups in total. The van der Waals surface area contributed by atoms with Crippen LogP contribution >= 0.6 is 11.6 Å². The summed E-state index contributed by atoms with van der Waals surface area (Å²) in [5.74, 6) is -2.58. The molecular formula is C18H24ClNO8. The predicted molar refractivity (Wildman–Crippen MR) is 92.5 cm³/mol. The molecule has 1 saturated carbocycles. The number of hydrogen-bond acceptors (Lipinski definition) is 8. The zero-order valence-corrected chi connectivity index (χ0v) is 16.9. The van der Waals surface area contributed by atoms with Crippen LogP contribution in [0.2, 0.25) is 0 Å². The summed E-state index contributed by atoms with van der Waals surface area (Å²) in [6.45, 7) is 7.32. The number of fused-ring (bicyclic) bond motifs is 4. The van der Waals surface area contributed by atoms with Crippen LogP contribution in [0.1, 0.15) is 34.1 Å². The fraction of sp³-hybridized carbons (Fsp3) is 0.889. The van der Waals surface area contributed by atoms with Crippen molar-refractivity contribution in [3.8, 4) is 0 Å². The van der Waals surface area contributed by atoms with E-state index in [0.717, 1.165) is 0 Å². The van der Waals surface area contributed by atoms with Crippen molar-refractivity contribution in [1.82, 2.24) is 5.32 Å². The van der Waals surface area contributed by atoms with Crippen LogP contribution in [0.4, 0.5) is 4.79 Å². The van der Waals surface area contributed by atoms with Crippen molar-refractivity contribution in [3.05, 3.63) is 0 Å². The lowest BCUT2D eigenvalue weighted by Crippen LogP contribution is -2.83. The van der Waals surface area contributed by atoms with Gasteiger partial charge in [-0.1, -0.05) is 0 Å². The predicted octanol–water partition coefficient (Wildman–Crippen LogP) is 1.06. The Morgan fingerprint density at radius 2 is 1.75 bits per heavy atom. The van der Waals surface area contributed by atoms with E-state index in [1.807, 2.05) is 0 Å². The molecule has 156 valence electrons. The molecule has 28 heavy (non-hydrogen) atoms. The molecular weight excluding hydrogens is 394 g/mol. The van der Waals surface area contributed by atoms with Crippen LogP contribution in [0.3, 0.4) is 0 Å². The highest BCUT2D eigenvalue weighted by molar-refractivity contribution is 6.17. The van der Waals surface area contributed by atoms with E-state index in [2.05, 4.69) is 5.32 Å². The number of carbonyl (C=O) groups is 2. The topological polar surface area (TPSA) is 102 Å². The summed E-state index contributed by atoms with van der Waals surface area (Å²) in [7, 11) is 0.